The van der Waals surface area contributed by atoms with Gasteiger partial charge in [-0.25, -0.2) is 4.98 Å². The van der Waals surface area contributed by atoms with Crippen LogP contribution in [-0.2, 0) is 11.2 Å². The lowest BCUT2D eigenvalue weighted by Gasteiger charge is -2.21. The largest absolute Gasteiger partial charge is 0.311 e. The maximum Gasteiger partial charge on any atom is 0.240 e. The van der Waals surface area contributed by atoms with Crippen LogP contribution in [-0.4, -0.2) is 22.7 Å². The second-order valence-corrected chi connectivity index (χ2v) is 6.66. The van der Waals surface area contributed by atoms with E-state index in [1.165, 1.54) is 17.3 Å². The standard InChI is InChI=1S/C16H15ClN2OS/c1-11(21-15-13(17)6-4-9-18-15)16(20)19-10-8-12-5-2-3-7-14(12)19/h2-7,9,11H,8,10H2,1H3/t11-/m0/s1. The van der Waals surface area contributed by atoms with Crippen molar-refractivity contribution in [3.05, 3.63) is 53.2 Å². The van der Waals surface area contributed by atoms with Gasteiger partial charge in [0, 0.05) is 18.4 Å². The number of benzene rings is 1. The fourth-order valence-corrected chi connectivity index (χ4v) is 3.58. The van der Waals surface area contributed by atoms with E-state index in [0.717, 1.165) is 18.7 Å². The third-order valence-corrected chi connectivity index (χ3v) is 5.03. The minimum atomic E-state index is -0.219. The van der Waals surface area contributed by atoms with Crippen LogP contribution in [0.1, 0.15) is 12.5 Å². The van der Waals surface area contributed by atoms with E-state index in [-0.39, 0.29) is 11.2 Å². The summed E-state index contributed by atoms with van der Waals surface area (Å²) < 4.78 is 0. The zero-order chi connectivity index (χ0) is 14.8. The first-order valence-corrected chi connectivity index (χ1v) is 8.09. The van der Waals surface area contributed by atoms with E-state index >= 15 is 0 Å². The van der Waals surface area contributed by atoms with Gasteiger partial charge < -0.3 is 4.90 Å². The minimum absolute atomic E-state index is 0.103. The van der Waals surface area contributed by atoms with Crippen LogP contribution in [0, 0.1) is 0 Å². The van der Waals surface area contributed by atoms with Crippen molar-refractivity contribution in [2.75, 3.05) is 11.4 Å². The molecule has 1 aliphatic rings. The fraction of sp³-hybridized carbons (Fsp3) is 0.250. The normalized spacial score (nSPS) is 14.9. The Kier molecular flexibility index (Phi) is 4.17. The maximum atomic E-state index is 12.7. The summed E-state index contributed by atoms with van der Waals surface area (Å²) in [6, 6.07) is 11.6. The summed E-state index contributed by atoms with van der Waals surface area (Å²) in [5.41, 5.74) is 2.26. The van der Waals surface area contributed by atoms with Crippen LogP contribution in [0.5, 0.6) is 0 Å². The Bertz CT molecular complexity index is 677. The number of carbonyl (C=O) groups is 1. The van der Waals surface area contributed by atoms with E-state index in [1.807, 2.05) is 30.0 Å². The fourth-order valence-electron chi connectivity index (χ4n) is 2.46. The second kappa shape index (κ2) is 6.08. The molecule has 1 amide bonds. The number of thioether (sulfide) groups is 1. The van der Waals surface area contributed by atoms with Crippen molar-refractivity contribution in [2.45, 2.75) is 23.6 Å². The van der Waals surface area contributed by atoms with Crippen LogP contribution in [0.2, 0.25) is 5.02 Å². The van der Waals surface area contributed by atoms with Gasteiger partial charge in [0.2, 0.25) is 5.91 Å². The number of para-hydroxylation sites is 1. The van der Waals surface area contributed by atoms with Crippen molar-refractivity contribution >= 4 is 35.0 Å². The summed E-state index contributed by atoms with van der Waals surface area (Å²) in [7, 11) is 0. The molecule has 0 spiro atoms. The van der Waals surface area contributed by atoms with Gasteiger partial charge in [-0.3, -0.25) is 4.79 Å². The van der Waals surface area contributed by atoms with Crippen LogP contribution in [0.25, 0.3) is 0 Å². The van der Waals surface area contributed by atoms with E-state index in [2.05, 4.69) is 11.1 Å². The summed E-state index contributed by atoms with van der Waals surface area (Å²) in [4.78, 5) is 18.8. The Morgan fingerprint density at radius 2 is 2.14 bits per heavy atom. The molecule has 0 fully saturated rings. The molecule has 1 aromatic heterocycles. The minimum Gasteiger partial charge on any atom is -0.311 e. The molecule has 2 aromatic rings. The number of rotatable bonds is 3. The SMILES string of the molecule is C[C@H](Sc1ncccc1Cl)C(=O)N1CCc2ccccc21. The molecule has 5 heteroatoms. The van der Waals surface area contributed by atoms with Gasteiger partial charge >= 0.3 is 0 Å². The molecule has 0 unspecified atom stereocenters. The molecule has 1 atom stereocenters. The van der Waals surface area contributed by atoms with Gasteiger partial charge in [0.15, 0.2) is 0 Å². The number of aromatic nitrogens is 1. The van der Waals surface area contributed by atoms with Gasteiger partial charge in [0.05, 0.1) is 10.3 Å². The highest BCUT2D eigenvalue weighted by Gasteiger charge is 2.28. The predicted molar refractivity (Wildman–Crippen MR) is 87.1 cm³/mol. The molecule has 3 rings (SSSR count). The quantitative estimate of drug-likeness (QED) is 0.807. The molecule has 1 aliphatic heterocycles. The summed E-state index contributed by atoms with van der Waals surface area (Å²) in [5.74, 6) is 0.103. The molecule has 21 heavy (non-hydrogen) atoms. The van der Waals surface area contributed by atoms with Crippen LogP contribution in [0.3, 0.4) is 0 Å². The molecule has 0 saturated heterocycles. The van der Waals surface area contributed by atoms with Gasteiger partial charge in [0.1, 0.15) is 5.03 Å². The number of hydrogen-bond donors (Lipinski definition) is 0. The zero-order valence-corrected chi connectivity index (χ0v) is 13.2. The van der Waals surface area contributed by atoms with Crippen LogP contribution in [0.15, 0.2) is 47.6 Å². The molecule has 0 saturated carbocycles. The predicted octanol–water partition coefficient (Wildman–Crippen LogP) is 3.80. The van der Waals surface area contributed by atoms with Crippen molar-refractivity contribution in [1.29, 1.82) is 0 Å². The lowest BCUT2D eigenvalue weighted by atomic mass is 10.2. The van der Waals surface area contributed by atoms with Gasteiger partial charge in [-0.1, -0.05) is 41.6 Å². The molecular weight excluding hydrogens is 304 g/mol. The van der Waals surface area contributed by atoms with Crippen molar-refractivity contribution in [2.24, 2.45) is 0 Å². The zero-order valence-electron chi connectivity index (χ0n) is 11.6. The molecule has 0 N–H and O–H groups in total. The first-order valence-electron chi connectivity index (χ1n) is 6.83. The van der Waals surface area contributed by atoms with Gasteiger partial charge in [-0.15, -0.1) is 0 Å². The van der Waals surface area contributed by atoms with Crippen LogP contribution < -0.4 is 4.90 Å². The van der Waals surface area contributed by atoms with E-state index in [4.69, 9.17) is 11.6 Å². The Labute approximate surface area is 133 Å². The smallest absolute Gasteiger partial charge is 0.240 e. The van der Waals surface area contributed by atoms with Crippen molar-refractivity contribution < 1.29 is 4.79 Å². The first kappa shape index (κ1) is 14.4. The maximum absolute atomic E-state index is 12.7. The van der Waals surface area contributed by atoms with Gasteiger partial charge in [0.25, 0.3) is 0 Å². The number of nitrogens with zero attached hydrogens (tertiary/aromatic N) is 2. The third-order valence-electron chi connectivity index (χ3n) is 3.51. The average Bonchev–Trinajstić information content (AvgIpc) is 2.92. The van der Waals surface area contributed by atoms with Crippen molar-refractivity contribution in [1.82, 2.24) is 4.98 Å². The van der Waals surface area contributed by atoms with Gasteiger partial charge in [-0.05, 0) is 37.1 Å². The number of carbonyl (C=O) groups excluding carboxylic acids is 1. The van der Waals surface area contributed by atoms with E-state index in [1.54, 1.807) is 18.3 Å². The Balaban J connectivity index is 1.76. The number of fused-ring (bicyclic) bond motifs is 1. The molecule has 0 bridgehead atoms. The van der Waals surface area contributed by atoms with Crippen LogP contribution in [0.4, 0.5) is 5.69 Å². The summed E-state index contributed by atoms with van der Waals surface area (Å²) in [6.07, 6.45) is 2.61. The average molecular weight is 319 g/mol. The highest BCUT2D eigenvalue weighted by Crippen LogP contribution is 2.32. The van der Waals surface area contributed by atoms with E-state index in [9.17, 15) is 4.79 Å². The monoisotopic (exact) mass is 318 g/mol. The number of halogens is 1. The number of anilines is 1. The number of pyridine rings is 1. The first-order chi connectivity index (χ1) is 10.2. The lowest BCUT2D eigenvalue weighted by Crippen LogP contribution is -2.35. The molecule has 108 valence electrons. The lowest BCUT2D eigenvalue weighted by molar-refractivity contribution is -0.117. The third kappa shape index (κ3) is 2.92. The molecule has 3 nitrogen and oxygen atoms in total. The molecule has 1 aromatic carbocycles. The molecule has 0 aliphatic carbocycles. The Morgan fingerprint density at radius 3 is 2.95 bits per heavy atom. The molecular formula is C16H15ClN2OS. The Hall–Kier alpha value is -1.52. The summed E-state index contributed by atoms with van der Waals surface area (Å²) >= 11 is 7.51. The Morgan fingerprint density at radius 1 is 1.33 bits per heavy atom. The number of amides is 1. The van der Waals surface area contributed by atoms with Gasteiger partial charge in [-0.2, -0.15) is 0 Å². The van der Waals surface area contributed by atoms with Crippen LogP contribution >= 0.6 is 23.4 Å². The second-order valence-electron chi connectivity index (χ2n) is 4.92. The van der Waals surface area contributed by atoms with E-state index < -0.39 is 0 Å². The summed E-state index contributed by atoms with van der Waals surface area (Å²) in [5, 5.41) is 1.07. The van der Waals surface area contributed by atoms with Crippen molar-refractivity contribution in [3.8, 4) is 0 Å². The van der Waals surface area contributed by atoms with E-state index in [0.29, 0.717) is 10.0 Å². The highest BCUT2D eigenvalue weighted by molar-refractivity contribution is 8.00. The molecule has 0 radical (unpaired) electrons. The van der Waals surface area contributed by atoms with Crippen molar-refractivity contribution in [3.63, 3.8) is 0 Å². The highest BCUT2D eigenvalue weighted by atomic mass is 35.5. The topological polar surface area (TPSA) is 33.2 Å². The number of hydrogen-bond acceptors (Lipinski definition) is 3. The molecule has 2 heterocycles. The summed E-state index contributed by atoms with van der Waals surface area (Å²) in [6.45, 7) is 2.65.